The average Bonchev–Trinajstić information content (AvgIpc) is 3.25. The van der Waals surface area contributed by atoms with Crippen molar-refractivity contribution in [3.63, 3.8) is 0 Å². The summed E-state index contributed by atoms with van der Waals surface area (Å²) in [5, 5.41) is 5.82. The standard InChI is InChI=1S/C15H19N3O3S/c1-9(13-5-4-6-22-13)15(19)18-8-11(20-3)7-12(18)14-16-10(2)17-21-14/h4-6,9,11-12H,7-8H2,1-3H3/t9-,11+,12-/m1/s1. The first-order valence-electron chi connectivity index (χ1n) is 7.27. The molecule has 0 saturated carbocycles. The van der Waals surface area contributed by atoms with Crippen LogP contribution in [0, 0.1) is 6.92 Å². The molecule has 1 aliphatic rings. The molecule has 0 aromatic carbocycles. The molecule has 0 bridgehead atoms. The summed E-state index contributed by atoms with van der Waals surface area (Å²) in [5.41, 5.74) is 0. The molecule has 3 heterocycles. The molecule has 3 atom stereocenters. The van der Waals surface area contributed by atoms with Crippen molar-refractivity contribution >= 4 is 17.2 Å². The summed E-state index contributed by atoms with van der Waals surface area (Å²) >= 11 is 1.60. The van der Waals surface area contributed by atoms with Crippen LogP contribution in [-0.4, -0.2) is 40.7 Å². The van der Waals surface area contributed by atoms with Crippen molar-refractivity contribution in [2.75, 3.05) is 13.7 Å². The zero-order chi connectivity index (χ0) is 15.7. The van der Waals surface area contributed by atoms with Crippen LogP contribution in [0.3, 0.4) is 0 Å². The summed E-state index contributed by atoms with van der Waals surface area (Å²) in [4.78, 5) is 20.0. The maximum Gasteiger partial charge on any atom is 0.249 e. The van der Waals surface area contributed by atoms with Gasteiger partial charge in [-0.2, -0.15) is 4.98 Å². The zero-order valence-electron chi connectivity index (χ0n) is 12.9. The van der Waals surface area contributed by atoms with E-state index in [-0.39, 0.29) is 24.0 Å². The molecule has 2 aromatic heterocycles. The second kappa shape index (κ2) is 6.18. The van der Waals surface area contributed by atoms with Gasteiger partial charge in [-0.1, -0.05) is 11.2 Å². The fourth-order valence-corrected chi connectivity index (χ4v) is 3.58. The van der Waals surface area contributed by atoms with Crippen molar-refractivity contribution in [2.45, 2.75) is 38.3 Å². The number of hydrogen-bond donors (Lipinski definition) is 0. The van der Waals surface area contributed by atoms with Crippen LogP contribution in [0.5, 0.6) is 0 Å². The van der Waals surface area contributed by atoms with E-state index in [9.17, 15) is 4.79 Å². The molecular weight excluding hydrogens is 302 g/mol. The third-order valence-corrected chi connectivity index (χ3v) is 5.10. The van der Waals surface area contributed by atoms with Gasteiger partial charge in [-0.25, -0.2) is 0 Å². The molecule has 3 rings (SSSR count). The number of aryl methyl sites for hydroxylation is 1. The quantitative estimate of drug-likeness (QED) is 0.865. The lowest BCUT2D eigenvalue weighted by Gasteiger charge is -2.24. The van der Waals surface area contributed by atoms with Crippen molar-refractivity contribution < 1.29 is 14.1 Å². The molecule has 0 aliphatic carbocycles. The maximum absolute atomic E-state index is 12.9. The Bertz CT molecular complexity index is 640. The van der Waals surface area contributed by atoms with Crippen molar-refractivity contribution in [1.82, 2.24) is 15.0 Å². The lowest BCUT2D eigenvalue weighted by atomic mass is 10.1. The normalized spacial score (nSPS) is 23.0. The largest absolute Gasteiger partial charge is 0.380 e. The van der Waals surface area contributed by atoms with Gasteiger partial charge in [0.2, 0.25) is 11.8 Å². The van der Waals surface area contributed by atoms with E-state index in [1.165, 1.54) is 0 Å². The van der Waals surface area contributed by atoms with Crippen LogP contribution in [0.2, 0.25) is 0 Å². The van der Waals surface area contributed by atoms with Crippen LogP contribution in [0.1, 0.15) is 41.9 Å². The van der Waals surface area contributed by atoms with E-state index < -0.39 is 0 Å². The van der Waals surface area contributed by atoms with Crippen LogP contribution in [0.25, 0.3) is 0 Å². The highest BCUT2D eigenvalue weighted by molar-refractivity contribution is 7.10. The van der Waals surface area contributed by atoms with Gasteiger partial charge in [-0.05, 0) is 25.3 Å². The molecule has 1 fully saturated rings. The van der Waals surface area contributed by atoms with E-state index in [0.29, 0.717) is 24.7 Å². The zero-order valence-corrected chi connectivity index (χ0v) is 13.7. The maximum atomic E-state index is 12.9. The van der Waals surface area contributed by atoms with Gasteiger partial charge in [0.15, 0.2) is 5.82 Å². The van der Waals surface area contributed by atoms with Gasteiger partial charge in [0, 0.05) is 25.0 Å². The topological polar surface area (TPSA) is 68.5 Å². The lowest BCUT2D eigenvalue weighted by Crippen LogP contribution is -2.35. The fraction of sp³-hybridized carbons (Fsp3) is 0.533. The fourth-order valence-electron chi connectivity index (χ4n) is 2.80. The molecule has 1 saturated heterocycles. The smallest absolute Gasteiger partial charge is 0.249 e. The summed E-state index contributed by atoms with van der Waals surface area (Å²) in [6.45, 7) is 4.26. The Hall–Kier alpha value is -1.73. The predicted molar refractivity (Wildman–Crippen MR) is 81.6 cm³/mol. The molecule has 1 amide bonds. The Kier molecular flexibility index (Phi) is 4.26. The van der Waals surface area contributed by atoms with Gasteiger partial charge in [-0.3, -0.25) is 4.79 Å². The first-order chi connectivity index (χ1) is 10.6. The van der Waals surface area contributed by atoms with E-state index in [1.807, 2.05) is 29.3 Å². The number of nitrogens with zero attached hydrogens (tertiary/aromatic N) is 3. The van der Waals surface area contributed by atoms with Gasteiger partial charge < -0.3 is 14.2 Å². The number of methoxy groups -OCH3 is 1. The van der Waals surface area contributed by atoms with Crippen molar-refractivity contribution in [3.8, 4) is 0 Å². The molecular formula is C15H19N3O3S. The third kappa shape index (κ3) is 2.78. The molecule has 0 radical (unpaired) electrons. The van der Waals surface area contributed by atoms with Crippen molar-refractivity contribution in [1.29, 1.82) is 0 Å². The van der Waals surface area contributed by atoms with E-state index in [4.69, 9.17) is 9.26 Å². The van der Waals surface area contributed by atoms with E-state index in [0.717, 1.165) is 4.88 Å². The Balaban J connectivity index is 1.84. The van der Waals surface area contributed by atoms with Gasteiger partial charge in [-0.15, -0.1) is 11.3 Å². The van der Waals surface area contributed by atoms with Crippen molar-refractivity contribution in [2.24, 2.45) is 0 Å². The number of carbonyl (C=O) groups is 1. The number of hydrogen-bond acceptors (Lipinski definition) is 6. The number of carbonyl (C=O) groups excluding carboxylic acids is 1. The van der Waals surface area contributed by atoms with Crippen LogP contribution in [0.4, 0.5) is 0 Å². The molecule has 6 nitrogen and oxygen atoms in total. The molecule has 1 aliphatic heterocycles. The highest BCUT2D eigenvalue weighted by atomic mass is 32.1. The third-order valence-electron chi connectivity index (χ3n) is 4.05. The first kappa shape index (κ1) is 15.2. The average molecular weight is 321 g/mol. The number of aromatic nitrogens is 2. The van der Waals surface area contributed by atoms with Gasteiger partial charge in [0.1, 0.15) is 6.04 Å². The predicted octanol–water partition coefficient (Wildman–Crippen LogP) is 2.53. The van der Waals surface area contributed by atoms with E-state index in [1.54, 1.807) is 25.4 Å². The minimum absolute atomic E-state index is 0.00306. The Morgan fingerprint density at radius 1 is 1.59 bits per heavy atom. The summed E-state index contributed by atoms with van der Waals surface area (Å²) in [6.07, 6.45) is 0.679. The number of thiophene rings is 1. The minimum Gasteiger partial charge on any atom is -0.380 e. The summed E-state index contributed by atoms with van der Waals surface area (Å²) in [7, 11) is 1.66. The first-order valence-corrected chi connectivity index (χ1v) is 8.15. The van der Waals surface area contributed by atoms with E-state index in [2.05, 4.69) is 10.1 Å². The second-order valence-electron chi connectivity index (χ2n) is 5.52. The summed E-state index contributed by atoms with van der Waals surface area (Å²) in [6, 6.07) is 3.74. The molecule has 118 valence electrons. The van der Waals surface area contributed by atoms with Crippen molar-refractivity contribution in [3.05, 3.63) is 34.1 Å². The van der Waals surface area contributed by atoms with Gasteiger partial charge in [0.25, 0.3) is 0 Å². The molecule has 0 unspecified atom stereocenters. The van der Waals surface area contributed by atoms with Gasteiger partial charge in [0.05, 0.1) is 12.0 Å². The Morgan fingerprint density at radius 3 is 3.00 bits per heavy atom. The second-order valence-corrected chi connectivity index (χ2v) is 6.50. The number of ether oxygens (including phenoxy) is 1. The molecule has 2 aromatic rings. The highest BCUT2D eigenvalue weighted by Crippen LogP contribution is 2.35. The van der Waals surface area contributed by atoms with Crippen LogP contribution in [0.15, 0.2) is 22.0 Å². The number of likely N-dealkylation sites (tertiary alicyclic amines) is 1. The minimum atomic E-state index is -0.207. The summed E-state index contributed by atoms with van der Waals surface area (Å²) in [5.74, 6) is 0.961. The lowest BCUT2D eigenvalue weighted by molar-refractivity contribution is -0.134. The van der Waals surface area contributed by atoms with Crippen LogP contribution in [-0.2, 0) is 9.53 Å². The van der Waals surface area contributed by atoms with Crippen LogP contribution < -0.4 is 0 Å². The Labute approximate surface area is 133 Å². The molecule has 0 spiro atoms. The SMILES string of the molecule is CO[C@H]1C[C@H](c2nc(C)no2)N(C(=O)[C@H](C)c2cccs2)C1. The summed E-state index contributed by atoms with van der Waals surface area (Å²) < 4.78 is 10.7. The Morgan fingerprint density at radius 2 is 2.41 bits per heavy atom. The monoisotopic (exact) mass is 321 g/mol. The molecule has 22 heavy (non-hydrogen) atoms. The van der Waals surface area contributed by atoms with Gasteiger partial charge >= 0.3 is 0 Å². The van der Waals surface area contributed by atoms with E-state index >= 15 is 0 Å². The molecule has 0 N–H and O–H groups in total. The number of rotatable bonds is 4. The highest BCUT2D eigenvalue weighted by Gasteiger charge is 2.41. The van der Waals surface area contributed by atoms with Crippen LogP contribution >= 0.6 is 11.3 Å². The number of amides is 1. The molecule has 7 heteroatoms.